The number of phenolic OH excluding ortho intramolecular Hbond substituents is 2. The van der Waals surface area contributed by atoms with Crippen molar-refractivity contribution in [2.45, 2.75) is 0 Å². The SMILES string of the molecule is C=CCN=c1scc(-c2cc(Cl)ccc2Cl)n1N=Cc1cccc(O)c1O. The van der Waals surface area contributed by atoms with E-state index in [1.165, 1.54) is 23.6 Å². The molecule has 27 heavy (non-hydrogen) atoms. The zero-order valence-corrected chi connectivity index (χ0v) is 16.3. The van der Waals surface area contributed by atoms with Gasteiger partial charge in [-0.3, -0.25) is 4.99 Å². The summed E-state index contributed by atoms with van der Waals surface area (Å²) in [5.41, 5.74) is 1.77. The minimum absolute atomic E-state index is 0.219. The highest BCUT2D eigenvalue weighted by atomic mass is 35.5. The summed E-state index contributed by atoms with van der Waals surface area (Å²) in [4.78, 5) is 5.06. The average molecular weight is 420 g/mol. The number of nitrogens with zero attached hydrogens (tertiary/aromatic N) is 3. The number of thiazole rings is 1. The van der Waals surface area contributed by atoms with Crippen molar-refractivity contribution in [1.82, 2.24) is 4.68 Å². The second-order valence-electron chi connectivity index (χ2n) is 5.43. The second-order valence-corrected chi connectivity index (χ2v) is 7.11. The minimum Gasteiger partial charge on any atom is -0.504 e. The highest BCUT2D eigenvalue weighted by Crippen LogP contribution is 2.31. The number of benzene rings is 2. The lowest BCUT2D eigenvalue weighted by atomic mass is 10.2. The molecule has 0 atom stereocenters. The molecule has 0 unspecified atom stereocenters. The number of phenols is 2. The summed E-state index contributed by atoms with van der Waals surface area (Å²) in [6.45, 7) is 4.10. The molecule has 0 amide bonds. The molecule has 8 heteroatoms. The first-order valence-corrected chi connectivity index (χ1v) is 9.47. The van der Waals surface area contributed by atoms with E-state index >= 15 is 0 Å². The summed E-state index contributed by atoms with van der Waals surface area (Å²) < 4.78 is 1.61. The Labute approximate surface area is 169 Å². The van der Waals surface area contributed by atoms with Gasteiger partial charge in [0, 0.05) is 21.5 Å². The number of hydrogen-bond donors (Lipinski definition) is 2. The van der Waals surface area contributed by atoms with E-state index in [4.69, 9.17) is 23.2 Å². The molecule has 2 aromatic carbocycles. The van der Waals surface area contributed by atoms with Gasteiger partial charge in [-0.05, 0) is 30.3 Å². The molecule has 1 aromatic heterocycles. The first-order valence-electron chi connectivity index (χ1n) is 7.84. The molecule has 0 fully saturated rings. The molecule has 0 aliphatic heterocycles. The van der Waals surface area contributed by atoms with E-state index in [2.05, 4.69) is 16.7 Å². The van der Waals surface area contributed by atoms with Crippen LogP contribution < -0.4 is 4.80 Å². The van der Waals surface area contributed by atoms with Gasteiger partial charge in [0.15, 0.2) is 11.5 Å². The van der Waals surface area contributed by atoms with E-state index in [1.54, 1.807) is 41.1 Å². The maximum atomic E-state index is 9.98. The van der Waals surface area contributed by atoms with Crippen LogP contribution in [0, 0.1) is 0 Å². The van der Waals surface area contributed by atoms with E-state index in [0.717, 1.165) is 0 Å². The van der Waals surface area contributed by atoms with Crippen LogP contribution in [0.3, 0.4) is 0 Å². The fraction of sp³-hybridized carbons (Fsp3) is 0.0526. The van der Waals surface area contributed by atoms with Gasteiger partial charge in [-0.15, -0.1) is 17.9 Å². The Balaban J connectivity index is 2.16. The van der Waals surface area contributed by atoms with Crippen molar-refractivity contribution in [3.8, 4) is 22.8 Å². The lowest BCUT2D eigenvalue weighted by Gasteiger charge is -2.07. The number of rotatable bonds is 5. The van der Waals surface area contributed by atoms with Gasteiger partial charge in [0.1, 0.15) is 0 Å². The summed E-state index contributed by atoms with van der Waals surface area (Å²) in [5.74, 6) is -0.465. The lowest BCUT2D eigenvalue weighted by Crippen LogP contribution is -2.12. The first kappa shape index (κ1) is 19.2. The number of hydrogen-bond acceptors (Lipinski definition) is 5. The van der Waals surface area contributed by atoms with Crippen LogP contribution in [0.2, 0.25) is 10.0 Å². The third-order valence-electron chi connectivity index (χ3n) is 3.60. The van der Waals surface area contributed by atoms with E-state index in [9.17, 15) is 10.2 Å². The van der Waals surface area contributed by atoms with Crippen molar-refractivity contribution in [2.75, 3.05) is 6.54 Å². The summed E-state index contributed by atoms with van der Waals surface area (Å²) in [5, 5.41) is 27.0. The fourth-order valence-corrected chi connectivity index (χ4v) is 3.54. The van der Waals surface area contributed by atoms with Crippen LogP contribution >= 0.6 is 34.5 Å². The van der Waals surface area contributed by atoms with Crippen LogP contribution in [0.15, 0.2) is 64.5 Å². The molecule has 5 nitrogen and oxygen atoms in total. The molecule has 0 spiro atoms. The van der Waals surface area contributed by atoms with Crippen LogP contribution in [0.1, 0.15) is 5.56 Å². The molecule has 0 aliphatic carbocycles. The molecule has 0 saturated carbocycles. The van der Waals surface area contributed by atoms with Crippen molar-refractivity contribution in [1.29, 1.82) is 0 Å². The van der Waals surface area contributed by atoms with E-state index < -0.39 is 0 Å². The number of aromatic nitrogens is 1. The number of aromatic hydroxyl groups is 2. The van der Waals surface area contributed by atoms with Crippen molar-refractivity contribution < 1.29 is 10.2 Å². The zero-order valence-electron chi connectivity index (χ0n) is 14.0. The molecule has 3 aromatic rings. The Morgan fingerprint density at radius 2 is 2.00 bits per heavy atom. The maximum Gasteiger partial charge on any atom is 0.206 e. The molecule has 3 rings (SSSR count). The zero-order chi connectivity index (χ0) is 19.4. The molecule has 0 aliphatic rings. The predicted octanol–water partition coefficient (Wildman–Crippen LogP) is 4.90. The maximum absolute atomic E-state index is 9.98. The van der Waals surface area contributed by atoms with Gasteiger partial charge in [0.25, 0.3) is 0 Å². The van der Waals surface area contributed by atoms with Crippen molar-refractivity contribution in [2.24, 2.45) is 10.1 Å². The Hall–Kier alpha value is -2.54. The molecule has 0 radical (unpaired) electrons. The highest BCUT2D eigenvalue weighted by Gasteiger charge is 2.12. The number of para-hydroxylation sites is 1. The van der Waals surface area contributed by atoms with Gasteiger partial charge in [0.05, 0.1) is 23.5 Å². The standard InChI is InChI=1S/C19H15Cl2N3O2S/c1-2-8-22-19-24(23-10-12-4-3-5-17(25)18(12)26)16(11-27-19)14-9-13(20)6-7-15(14)21/h2-7,9-11,25-26H,1,8H2. The summed E-state index contributed by atoms with van der Waals surface area (Å²) >= 11 is 13.8. The van der Waals surface area contributed by atoms with Gasteiger partial charge >= 0.3 is 0 Å². The fourth-order valence-electron chi connectivity index (χ4n) is 2.31. The average Bonchev–Trinajstić information content (AvgIpc) is 3.05. The van der Waals surface area contributed by atoms with E-state index in [1.807, 2.05) is 5.38 Å². The van der Waals surface area contributed by atoms with E-state index in [-0.39, 0.29) is 11.5 Å². The minimum atomic E-state index is -0.246. The predicted molar refractivity (Wildman–Crippen MR) is 111 cm³/mol. The molecule has 1 heterocycles. The van der Waals surface area contributed by atoms with Crippen molar-refractivity contribution >= 4 is 40.8 Å². The highest BCUT2D eigenvalue weighted by molar-refractivity contribution is 7.07. The van der Waals surface area contributed by atoms with Gasteiger partial charge < -0.3 is 10.2 Å². The molecular formula is C19H15Cl2N3O2S. The van der Waals surface area contributed by atoms with Gasteiger partial charge in [-0.25, -0.2) is 4.68 Å². The van der Waals surface area contributed by atoms with Crippen LogP contribution in [0.4, 0.5) is 0 Å². The van der Waals surface area contributed by atoms with Gasteiger partial charge in [-0.1, -0.05) is 35.3 Å². The molecule has 0 bridgehead atoms. The van der Waals surface area contributed by atoms with Crippen LogP contribution in [0.5, 0.6) is 11.5 Å². The second kappa shape index (κ2) is 8.43. The van der Waals surface area contributed by atoms with Crippen LogP contribution in [0.25, 0.3) is 11.3 Å². The first-order chi connectivity index (χ1) is 13.0. The Kier molecular flexibility index (Phi) is 6.01. The summed E-state index contributed by atoms with van der Waals surface area (Å²) in [7, 11) is 0. The Bertz CT molecular complexity index is 1090. The quantitative estimate of drug-likeness (QED) is 0.350. The summed E-state index contributed by atoms with van der Waals surface area (Å²) in [6.07, 6.45) is 3.12. The van der Waals surface area contributed by atoms with Crippen LogP contribution in [-0.4, -0.2) is 27.6 Å². The Morgan fingerprint density at radius 1 is 1.19 bits per heavy atom. The largest absolute Gasteiger partial charge is 0.504 e. The lowest BCUT2D eigenvalue weighted by molar-refractivity contribution is 0.403. The van der Waals surface area contributed by atoms with E-state index in [0.29, 0.717) is 38.2 Å². The van der Waals surface area contributed by atoms with Crippen molar-refractivity contribution in [3.05, 3.63) is 74.8 Å². The topological polar surface area (TPSA) is 70.1 Å². The molecular weight excluding hydrogens is 405 g/mol. The summed E-state index contributed by atoms with van der Waals surface area (Å²) in [6, 6.07) is 9.83. The van der Waals surface area contributed by atoms with Crippen LogP contribution in [-0.2, 0) is 0 Å². The smallest absolute Gasteiger partial charge is 0.206 e. The molecule has 0 saturated heterocycles. The molecule has 138 valence electrons. The van der Waals surface area contributed by atoms with Gasteiger partial charge in [0.2, 0.25) is 4.80 Å². The third kappa shape index (κ3) is 4.24. The Morgan fingerprint density at radius 3 is 2.78 bits per heavy atom. The third-order valence-corrected chi connectivity index (χ3v) is 5.02. The van der Waals surface area contributed by atoms with Crippen molar-refractivity contribution in [3.63, 3.8) is 0 Å². The molecule has 2 N–H and O–H groups in total. The number of halogens is 2. The monoisotopic (exact) mass is 419 g/mol. The van der Waals surface area contributed by atoms with Gasteiger partial charge in [-0.2, -0.15) is 5.10 Å². The normalized spacial score (nSPS) is 12.0.